The van der Waals surface area contributed by atoms with Crippen LogP contribution in [0.3, 0.4) is 0 Å². The van der Waals surface area contributed by atoms with Crippen molar-refractivity contribution in [3.8, 4) is 0 Å². The maximum Gasteiger partial charge on any atom is 0.335 e. The maximum atomic E-state index is 14.3. The highest BCUT2D eigenvalue weighted by atomic mass is 19.1. The average Bonchev–Trinajstić information content (AvgIpc) is 2.99. The van der Waals surface area contributed by atoms with Crippen LogP contribution in [0, 0.1) is 11.6 Å². The summed E-state index contributed by atoms with van der Waals surface area (Å²) in [6, 6.07) is 8.83. The van der Waals surface area contributed by atoms with Crippen molar-refractivity contribution in [2.45, 2.75) is 6.04 Å². The van der Waals surface area contributed by atoms with Gasteiger partial charge in [-0.05, 0) is 24.3 Å². The Morgan fingerprint density at radius 2 is 2.00 bits per heavy atom. The second-order valence-electron chi connectivity index (χ2n) is 5.53. The first-order valence-corrected chi connectivity index (χ1v) is 7.48. The zero-order valence-electron chi connectivity index (χ0n) is 13.3. The van der Waals surface area contributed by atoms with Crippen LogP contribution in [-0.4, -0.2) is 20.6 Å². The van der Waals surface area contributed by atoms with E-state index in [0.717, 1.165) is 12.1 Å². The fraction of sp³-hybridized carbons (Fsp3) is 0.111. The molecule has 3 rings (SSSR count). The highest BCUT2D eigenvalue weighted by molar-refractivity contribution is 5.88. The first-order chi connectivity index (χ1) is 12.0. The molecule has 0 fully saturated rings. The van der Waals surface area contributed by atoms with Crippen molar-refractivity contribution in [2.75, 3.05) is 5.32 Å². The monoisotopic (exact) mass is 343 g/mol. The van der Waals surface area contributed by atoms with Crippen LogP contribution in [0.2, 0.25) is 0 Å². The number of rotatable bonds is 5. The van der Waals surface area contributed by atoms with Crippen molar-refractivity contribution in [1.29, 1.82) is 0 Å². The summed E-state index contributed by atoms with van der Waals surface area (Å²) in [7, 11) is 1.76. The number of hydrogen-bond acceptors (Lipinski definition) is 3. The van der Waals surface area contributed by atoms with Gasteiger partial charge in [-0.3, -0.25) is 0 Å². The molecule has 0 bridgehead atoms. The standard InChI is InChI=1S/C18H15F2N3O2/c1-23-7-6-21-17(23)16(14-4-2-3-5-15(14)20)22-13-9-11(18(24)25)8-12(19)10-13/h2-10,16,22H,1H3,(H,24,25). The summed E-state index contributed by atoms with van der Waals surface area (Å²) < 4.78 is 29.8. The maximum absolute atomic E-state index is 14.3. The lowest BCUT2D eigenvalue weighted by Crippen LogP contribution is -2.18. The van der Waals surface area contributed by atoms with Crippen LogP contribution >= 0.6 is 0 Å². The smallest absolute Gasteiger partial charge is 0.335 e. The molecule has 0 amide bonds. The van der Waals surface area contributed by atoms with Gasteiger partial charge in [-0.25, -0.2) is 18.6 Å². The molecule has 0 aliphatic heterocycles. The zero-order chi connectivity index (χ0) is 18.0. The fourth-order valence-electron chi connectivity index (χ4n) is 2.61. The van der Waals surface area contributed by atoms with E-state index in [1.807, 2.05) is 0 Å². The van der Waals surface area contributed by atoms with Crippen molar-refractivity contribution in [1.82, 2.24) is 9.55 Å². The summed E-state index contributed by atoms with van der Waals surface area (Å²) in [6.07, 6.45) is 3.28. The second kappa shape index (κ2) is 6.72. The summed E-state index contributed by atoms with van der Waals surface area (Å²) in [5, 5.41) is 12.1. The molecule has 3 aromatic rings. The number of aromatic nitrogens is 2. The van der Waals surface area contributed by atoms with Crippen LogP contribution in [0.4, 0.5) is 14.5 Å². The van der Waals surface area contributed by atoms with E-state index < -0.39 is 23.6 Å². The number of halogens is 2. The molecule has 0 radical (unpaired) electrons. The summed E-state index contributed by atoms with van der Waals surface area (Å²) in [4.78, 5) is 15.4. The molecule has 1 aromatic heterocycles. The number of nitrogens with zero attached hydrogens (tertiary/aromatic N) is 2. The summed E-state index contributed by atoms with van der Waals surface area (Å²) >= 11 is 0. The van der Waals surface area contributed by atoms with E-state index in [1.165, 1.54) is 12.1 Å². The third-order valence-corrected chi connectivity index (χ3v) is 3.79. The van der Waals surface area contributed by atoms with Gasteiger partial charge in [0.15, 0.2) is 0 Å². The number of aryl methyl sites for hydroxylation is 1. The van der Waals surface area contributed by atoms with Crippen molar-refractivity contribution in [3.05, 3.63) is 83.4 Å². The lowest BCUT2D eigenvalue weighted by molar-refractivity contribution is 0.0696. The van der Waals surface area contributed by atoms with E-state index in [2.05, 4.69) is 10.3 Å². The molecule has 1 unspecified atom stereocenters. The molecule has 7 heteroatoms. The van der Waals surface area contributed by atoms with E-state index in [0.29, 0.717) is 11.4 Å². The summed E-state index contributed by atoms with van der Waals surface area (Å²) in [6.45, 7) is 0. The van der Waals surface area contributed by atoms with E-state index in [-0.39, 0.29) is 11.3 Å². The third-order valence-electron chi connectivity index (χ3n) is 3.79. The van der Waals surface area contributed by atoms with Gasteiger partial charge < -0.3 is 15.0 Å². The van der Waals surface area contributed by atoms with E-state index in [1.54, 1.807) is 42.2 Å². The molecule has 5 nitrogen and oxygen atoms in total. The van der Waals surface area contributed by atoms with Gasteiger partial charge in [0.1, 0.15) is 23.5 Å². The minimum Gasteiger partial charge on any atom is -0.478 e. The minimum atomic E-state index is -1.25. The number of carbonyl (C=O) groups is 1. The average molecular weight is 343 g/mol. The molecule has 0 saturated carbocycles. The Labute approximate surface area is 142 Å². The SMILES string of the molecule is Cn1ccnc1C(Nc1cc(F)cc(C(=O)O)c1)c1ccccc1F. The van der Waals surface area contributed by atoms with Gasteiger partial charge in [-0.15, -0.1) is 0 Å². The Morgan fingerprint density at radius 1 is 1.24 bits per heavy atom. The number of imidazole rings is 1. The summed E-state index contributed by atoms with van der Waals surface area (Å²) in [5.41, 5.74) is 0.334. The van der Waals surface area contributed by atoms with Crippen molar-refractivity contribution >= 4 is 11.7 Å². The van der Waals surface area contributed by atoms with Crippen LogP contribution in [0.5, 0.6) is 0 Å². The van der Waals surface area contributed by atoms with Crippen molar-refractivity contribution in [2.24, 2.45) is 7.05 Å². The molecule has 0 saturated heterocycles. The van der Waals surface area contributed by atoms with Crippen LogP contribution in [0.15, 0.2) is 54.9 Å². The number of anilines is 1. The van der Waals surface area contributed by atoms with Gasteiger partial charge in [0.2, 0.25) is 0 Å². The van der Waals surface area contributed by atoms with Gasteiger partial charge in [-0.1, -0.05) is 18.2 Å². The van der Waals surface area contributed by atoms with Gasteiger partial charge in [0.05, 0.1) is 5.56 Å². The number of aromatic carboxylic acids is 1. The number of carboxylic acid groups (broad SMARTS) is 1. The number of hydrogen-bond donors (Lipinski definition) is 2. The largest absolute Gasteiger partial charge is 0.478 e. The lowest BCUT2D eigenvalue weighted by Gasteiger charge is -2.21. The van der Waals surface area contributed by atoms with Crippen LogP contribution in [-0.2, 0) is 7.05 Å². The Hall–Kier alpha value is -3.22. The number of carboxylic acids is 1. The van der Waals surface area contributed by atoms with Gasteiger partial charge in [-0.2, -0.15) is 0 Å². The molecule has 0 aliphatic carbocycles. The second-order valence-corrected chi connectivity index (χ2v) is 5.53. The Morgan fingerprint density at radius 3 is 2.64 bits per heavy atom. The molecule has 1 atom stereocenters. The predicted octanol–water partition coefficient (Wildman–Crippen LogP) is 3.60. The van der Waals surface area contributed by atoms with Gasteiger partial charge in [0.25, 0.3) is 0 Å². The first-order valence-electron chi connectivity index (χ1n) is 7.48. The fourth-order valence-corrected chi connectivity index (χ4v) is 2.61. The Kier molecular flexibility index (Phi) is 4.47. The van der Waals surface area contributed by atoms with Crippen LogP contribution < -0.4 is 5.32 Å². The van der Waals surface area contributed by atoms with E-state index in [9.17, 15) is 13.6 Å². The lowest BCUT2D eigenvalue weighted by atomic mass is 10.0. The quantitative estimate of drug-likeness (QED) is 0.743. The number of benzene rings is 2. The molecule has 2 aromatic carbocycles. The molecule has 0 aliphatic rings. The van der Waals surface area contributed by atoms with Crippen LogP contribution in [0.25, 0.3) is 0 Å². The highest BCUT2D eigenvalue weighted by Crippen LogP contribution is 2.28. The number of nitrogens with one attached hydrogen (secondary N) is 1. The molecule has 0 spiro atoms. The van der Waals surface area contributed by atoms with Crippen molar-refractivity contribution < 1.29 is 18.7 Å². The summed E-state index contributed by atoms with van der Waals surface area (Å²) in [5.74, 6) is -1.89. The van der Waals surface area contributed by atoms with E-state index in [4.69, 9.17) is 5.11 Å². The minimum absolute atomic E-state index is 0.199. The Bertz CT molecular complexity index is 924. The predicted molar refractivity (Wildman–Crippen MR) is 88.4 cm³/mol. The molecular formula is C18H15F2N3O2. The molecule has 2 N–H and O–H groups in total. The normalized spacial score (nSPS) is 12.0. The molecular weight excluding hydrogens is 328 g/mol. The van der Waals surface area contributed by atoms with E-state index >= 15 is 0 Å². The zero-order valence-corrected chi connectivity index (χ0v) is 13.3. The van der Waals surface area contributed by atoms with Crippen molar-refractivity contribution in [3.63, 3.8) is 0 Å². The molecule has 25 heavy (non-hydrogen) atoms. The molecule has 128 valence electrons. The first kappa shape index (κ1) is 16.6. The molecule has 1 heterocycles. The van der Waals surface area contributed by atoms with Gasteiger partial charge >= 0.3 is 5.97 Å². The highest BCUT2D eigenvalue weighted by Gasteiger charge is 2.22. The topological polar surface area (TPSA) is 67.2 Å². The Balaban J connectivity index is 2.07. The van der Waals surface area contributed by atoms with Crippen LogP contribution in [0.1, 0.15) is 27.8 Å². The van der Waals surface area contributed by atoms with Gasteiger partial charge in [0, 0.05) is 30.7 Å². The third kappa shape index (κ3) is 3.50.